The van der Waals surface area contributed by atoms with E-state index in [0.717, 1.165) is 38.5 Å². The van der Waals surface area contributed by atoms with E-state index in [-0.39, 0.29) is 11.7 Å². The van der Waals surface area contributed by atoms with Gasteiger partial charge in [-0.3, -0.25) is 4.98 Å². The lowest BCUT2D eigenvalue weighted by Crippen LogP contribution is -2.37. The second-order valence-corrected chi connectivity index (χ2v) is 14.1. The van der Waals surface area contributed by atoms with Crippen LogP contribution < -0.4 is 10.1 Å². The number of nitrogens with zero attached hydrogens (tertiary/aromatic N) is 4. The van der Waals surface area contributed by atoms with Crippen molar-refractivity contribution in [3.8, 4) is 11.5 Å². The summed E-state index contributed by atoms with van der Waals surface area (Å²) in [7, 11) is -3.18. The first-order chi connectivity index (χ1) is 19.3. The average Bonchev–Trinajstić information content (AvgIpc) is 3.62. The van der Waals surface area contributed by atoms with E-state index in [1.54, 1.807) is 47.6 Å². The lowest BCUT2D eigenvalue weighted by atomic mass is 9.95. The van der Waals surface area contributed by atoms with Gasteiger partial charge < -0.3 is 10.1 Å². The minimum Gasteiger partial charge on any atom is -0.453 e. The highest BCUT2D eigenvalue weighted by molar-refractivity contribution is 7.99. The Bertz CT molecular complexity index is 1750. The molecule has 6 rings (SSSR count). The van der Waals surface area contributed by atoms with Gasteiger partial charge in [0.05, 0.1) is 22.2 Å². The summed E-state index contributed by atoms with van der Waals surface area (Å²) in [6.45, 7) is 0.991. The van der Waals surface area contributed by atoms with Crippen molar-refractivity contribution < 1.29 is 17.5 Å². The van der Waals surface area contributed by atoms with Gasteiger partial charge in [-0.1, -0.05) is 11.8 Å². The number of hydrogen-bond acceptors (Lipinski definition) is 10. The minimum atomic E-state index is -3.18. The minimum absolute atomic E-state index is 0.195. The van der Waals surface area contributed by atoms with Gasteiger partial charge in [0, 0.05) is 52.6 Å². The molecule has 1 N–H and O–H groups in total. The van der Waals surface area contributed by atoms with Crippen LogP contribution in [0.2, 0.25) is 0 Å². The van der Waals surface area contributed by atoms with Crippen LogP contribution in [-0.4, -0.2) is 47.0 Å². The average molecular weight is 614 g/mol. The lowest BCUT2D eigenvalue weighted by molar-refractivity contribution is 0.319. The van der Waals surface area contributed by atoms with E-state index in [4.69, 9.17) is 9.72 Å². The number of thiophene rings is 1. The van der Waals surface area contributed by atoms with E-state index in [2.05, 4.69) is 15.3 Å². The predicted molar refractivity (Wildman–Crippen MR) is 158 cm³/mol. The zero-order valence-corrected chi connectivity index (χ0v) is 24.5. The van der Waals surface area contributed by atoms with Crippen LogP contribution in [0.3, 0.4) is 0 Å². The van der Waals surface area contributed by atoms with Gasteiger partial charge in [0.2, 0.25) is 10.0 Å². The molecule has 0 aliphatic carbocycles. The van der Waals surface area contributed by atoms with Crippen molar-refractivity contribution in [1.82, 2.24) is 19.3 Å². The summed E-state index contributed by atoms with van der Waals surface area (Å²) in [5.41, 5.74) is 1.89. The van der Waals surface area contributed by atoms with Gasteiger partial charge >= 0.3 is 0 Å². The Morgan fingerprint density at radius 3 is 2.67 bits per heavy atom. The van der Waals surface area contributed by atoms with Crippen molar-refractivity contribution in [2.75, 3.05) is 24.7 Å². The third-order valence-corrected chi connectivity index (χ3v) is 10.7. The fourth-order valence-corrected chi connectivity index (χ4v) is 8.00. The van der Waals surface area contributed by atoms with E-state index in [1.807, 2.05) is 29.0 Å². The normalized spacial score (nSPS) is 14.9. The molecule has 0 bridgehead atoms. The second-order valence-electron chi connectivity index (χ2n) is 9.26. The highest BCUT2D eigenvalue weighted by atomic mass is 32.2. The van der Waals surface area contributed by atoms with Gasteiger partial charge in [-0.05, 0) is 54.6 Å². The molecule has 4 aromatic heterocycles. The van der Waals surface area contributed by atoms with Gasteiger partial charge in [0.15, 0.2) is 16.7 Å². The Morgan fingerprint density at radius 2 is 1.90 bits per heavy atom. The Morgan fingerprint density at radius 1 is 1.10 bits per heavy atom. The van der Waals surface area contributed by atoms with Crippen LogP contribution in [0.4, 0.5) is 15.3 Å². The highest BCUT2D eigenvalue weighted by Crippen LogP contribution is 2.40. The Hall–Kier alpha value is -3.10. The lowest BCUT2D eigenvalue weighted by Gasteiger charge is -2.29. The van der Waals surface area contributed by atoms with E-state index >= 15 is 0 Å². The predicted octanol–water partition coefficient (Wildman–Crippen LogP) is 7.11. The van der Waals surface area contributed by atoms with Crippen molar-refractivity contribution in [3.05, 3.63) is 77.1 Å². The zero-order chi connectivity index (χ0) is 27.7. The van der Waals surface area contributed by atoms with Gasteiger partial charge in [0.1, 0.15) is 11.6 Å². The van der Waals surface area contributed by atoms with Crippen molar-refractivity contribution in [1.29, 1.82) is 0 Å². The second kappa shape index (κ2) is 11.4. The largest absolute Gasteiger partial charge is 0.453 e. The number of pyridine rings is 2. The maximum absolute atomic E-state index is 13.5. The molecule has 13 heteroatoms. The molecule has 0 unspecified atom stereocenters. The van der Waals surface area contributed by atoms with Gasteiger partial charge in [0.25, 0.3) is 0 Å². The number of aromatic nitrogens is 3. The molecule has 1 fully saturated rings. The van der Waals surface area contributed by atoms with E-state index in [9.17, 15) is 12.8 Å². The molecule has 0 amide bonds. The number of benzene rings is 1. The summed E-state index contributed by atoms with van der Waals surface area (Å²) in [4.78, 5) is 15.8. The summed E-state index contributed by atoms with van der Waals surface area (Å²) in [5.74, 6) is 1.29. The topological polar surface area (TPSA) is 97.3 Å². The Labute approximate surface area is 243 Å². The van der Waals surface area contributed by atoms with Crippen LogP contribution in [-0.2, 0) is 10.0 Å². The van der Waals surface area contributed by atoms with Crippen LogP contribution in [0.1, 0.15) is 24.5 Å². The first kappa shape index (κ1) is 27.1. The molecule has 0 saturated carbocycles. The first-order valence-corrected chi connectivity index (χ1v) is 16.9. The molecule has 40 heavy (non-hydrogen) atoms. The van der Waals surface area contributed by atoms with Gasteiger partial charge in [-0.15, -0.1) is 22.7 Å². The van der Waals surface area contributed by atoms with Crippen LogP contribution >= 0.6 is 34.4 Å². The molecule has 8 nitrogen and oxygen atoms in total. The van der Waals surface area contributed by atoms with Crippen molar-refractivity contribution >= 4 is 65.6 Å². The van der Waals surface area contributed by atoms with Gasteiger partial charge in [-0.2, -0.15) is 0 Å². The third kappa shape index (κ3) is 6.13. The number of nitrogens with one attached hydrogen (secondary N) is 1. The monoisotopic (exact) mass is 613 g/mol. The van der Waals surface area contributed by atoms with Crippen molar-refractivity contribution in [2.45, 2.75) is 28.6 Å². The molecule has 5 heterocycles. The van der Waals surface area contributed by atoms with E-state index < -0.39 is 10.0 Å². The maximum atomic E-state index is 13.5. The third-order valence-electron chi connectivity index (χ3n) is 6.49. The zero-order valence-electron chi connectivity index (χ0n) is 21.3. The van der Waals surface area contributed by atoms with E-state index in [0.29, 0.717) is 35.5 Å². The number of anilines is 2. The number of piperidine rings is 1. The summed E-state index contributed by atoms with van der Waals surface area (Å²) in [5, 5.41) is 7.97. The number of fused-ring (bicyclic) bond motifs is 1. The fraction of sp³-hybridized carbons (Fsp3) is 0.222. The molecule has 5 aromatic rings. The number of rotatable bonds is 8. The SMILES string of the molecule is CS(=O)(=O)N1CCC(c2csc(Nc3ncc(Sc4ccnc5ccsc45)cc3Oc3ccc(F)cc3)n2)CC1. The summed E-state index contributed by atoms with van der Waals surface area (Å²) < 4.78 is 46.0. The summed E-state index contributed by atoms with van der Waals surface area (Å²) in [6, 6.07) is 11.7. The number of hydrogen-bond donors (Lipinski definition) is 1. The Kier molecular flexibility index (Phi) is 7.73. The number of ether oxygens (including phenoxy) is 1. The molecular weight excluding hydrogens is 590 g/mol. The molecule has 1 aliphatic rings. The molecule has 1 aromatic carbocycles. The summed E-state index contributed by atoms with van der Waals surface area (Å²) >= 11 is 4.67. The van der Waals surface area contributed by atoms with Crippen LogP contribution in [0.25, 0.3) is 10.2 Å². The molecular formula is C27H24FN5O3S4. The molecule has 1 saturated heterocycles. The van der Waals surface area contributed by atoms with Crippen LogP contribution in [0.5, 0.6) is 11.5 Å². The number of halogens is 1. The first-order valence-electron chi connectivity index (χ1n) is 12.4. The quantitative estimate of drug-likeness (QED) is 0.198. The maximum Gasteiger partial charge on any atom is 0.211 e. The highest BCUT2D eigenvalue weighted by Gasteiger charge is 2.27. The van der Waals surface area contributed by atoms with Crippen molar-refractivity contribution in [3.63, 3.8) is 0 Å². The molecule has 1 aliphatic heterocycles. The summed E-state index contributed by atoms with van der Waals surface area (Å²) in [6.07, 6.45) is 6.28. The van der Waals surface area contributed by atoms with Crippen LogP contribution in [0.15, 0.2) is 75.4 Å². The van der Waals surface area contributed by atoms with E-state index in [1.165, 1.54) is 34.0 Å². The Balaban J connectivity index is 1.24. The molecule has 206 valence electrons. The number of thiazole rings is 1. The van der Waals surface area contributed by atoms with Gasteiger partial charge in [-0.25, -0.2) is 27.1 Å². The standard InChI is InChI=1S/C27H24FN5O3S4/c1-40(34,35)33-11-7-17(8-12-33)22-16-38-27(31-22)32-26-23(36-19-4-2-18(28)3-5-19)14-20(15-30-26)39-24-6-10-29-21-9-13-37-25(21)24/h2-6,9-10,13-17H,7-8,11-12H2,1H3,(H,30,31,32). The molecule has 0 radical (unpaired) electrons. The fourth-order valence-electron chi connectivity index (χ4n) is 4.46. The van der Waals surface area contributed by atoms with Crippen molar-refractivity contribution in [2.24, 2.45) is 0 Å². The number of sulfonamides is 1. The smallest absolute Gasteiger partial charge is 0.211 e. The molecule has 0 atom stereocenters. The molecule has 0 spiro atoms. The van der Waals surface area contributed by atoms with Crippen LogP contribution in [0, 0.1) is 5.82 Å².